The standard InChI is InChI=1S/C21H33N5O/c1-22-21(23-10-14-25-11-3-2-4-12-25)24-16-18-7-5-8-19(15-18)17-26-13-6-9-20(26)27/h5,7-8,15H,2-4,6,9-14,16-17H2,1H3,(H2,22,23,24). The first kappa shape index (κ1) is 19.7. The highest BCUT2D eigenvalue weighted by Crippen LogP contribution is 2.15. The minimum Gasteiger partial charge on any atom is -0.355 e. The zero-order valence-corrected chi connectivity index (χ0v) is 16.5. The fourth-order valence-corrected chi connectivity index (χ4v) is 3.85. The third kappa shape index (κ3) is 6.24. The van der Waals surface area contributed by atoms with E-state index in [2.05, 4.69) is 44.8 Å². The Bertz CT molecular complexity index is 639. The number of likely N-dealkylation sites (tertiary alicyclic amines) is 2. The number of guanidine groups is 1. The highest BCUT2D eigenvalue weighted by atomic mass is 16.2. The Balaban J connectivity index is 1.42. The summed E-state index contributed by atoms with van der Waals surface area (Å²) in [5.41, 5.74) is 2.40. The average Bonchev–Trinajstić information content (AvgIpc) is 3.10. The lowest BCUT2D eigenvalue weighted by Crippen LogP contribution is -2.42. The summed E-state index contributed by atoms with van der Waals surface area (Å²) in [5, 5.41) is 6.80. The molecule has 2 saturated heterocycles. The molecule has 0 aliphatic carbocycles. The van der Waals surface area contributed by atoms with Crippen LogP contribution in [0.4, 0.5) is 0 Å². The Kier molecular flexibility index (Phi) is 7.51. The molecule has 0 bridgehead atoms. The van der Waals surface area contributed by atoms with Crippen LogP contribution in [0.5, 0.6) is 0 Å². The van der Waals surface area contributed by atoms with E-state index < -0.39 is 0 Å². The van der Waals surface area contributed by atoms with Crippen LogP contribution in [-0.4, -0.2) is 61.4 Å². The van der Waals surface area contributed by atoms with Gasteiger partial charge in [0.05, 0.1) is 0 Å². The van der Waals surface area contributed by atoms with Crippen LogP contribution in [0.25, 0.3) is 0 Å². The van der Waals surface area contributed by atoms with E-state index in [-0.39, 0.29) is 5.91 Å². The number of rotatable bonds is 7. The number of carbonyl (C=O) groups excluding carboxylic acids is 1. The van der Waals surface area contributed by atoms with Gasteiger partial charge in [-0.05, 0) is 43.5 Å². The number of benzene rings is 1. The van der Waals surface area contributed by atoms with Gasteiger partial charge in [-0.15, -0.1) is 0 Å². The molecule has 0 atom stereocenters. The minimum absolute atomic E-state index is 0.275. The van der Waals surface area contributed by atoms with Gasteiger partial charge in [-0.3, -0.25) is 9.79 Å². The van der Waals surface area contributed by atoms with Crippen molar-refractivity contribution in [3.63, 3.8) is 0 Å². The molecule has 0 spiro atoms. The zero-order chi connectivity index (χ0) is 18.9. The third-order valence-electron chi connectivity index (χ3n) is 5.39. The Morgan fingerprint density at radius 1 is 1.07 bits per heavy atom. The summed E-state index contributed by atoms with van der Waals surface area (Å²) in [6.45, 7) is 6.76. The first-order valence-electron chi connectivity index (χ1n) is 10.3. The summed E-state index contributed by atoms with van der Waals surface area (Å²) in [4.78, 5) is 20.6. The molecule has 1 aromatic carbocycles. The van der Waals surface area contributed by atoms with Crippen LogP contribution in [0.15, 0.2) is 29.3 Å². The van der Waals surface area contributed by atoms with Crippen molar-refractivity contribution in [3.8, 4) is 0 Å². The Labute approximate surface area is 163 Å². The molecule has 6 heteroatoms. The molecule has 6 nitrogen and oxygen atoms in total. The highest BCUT2D eigenvalue weighted by Gasteiger charge is 2.19. The first-order chi connectivity index (χ1) is 13.2. The van der Waals surface area contributed by atoms with Crippen LogP contribution in [0, 0.1) is 0 Å². The van der Waals surface area contributed by atoms with Gasteiger partial charge in [0.2, 0.25) is 5.91 Å². The molecule has 1 amide bonds. The van der Waals surface area contributed by atoms with Crippen LogP contribution in [0.2, 0.25) is 0 Å². The average molecular weight is 372 g/mol. The first-order valence-corrected chi connectivity index (χ1v) is 10.3. The number of carbonyl (C=O) groups is 1. The van der Waals surface area contributed by atoms with Crippen molar-refractivity contribution in [2.24, 2.45) is 4.99 Å². The van der Waals surface area contributed by atoms with E-state index in [9.17, 15) is 4.79 Å². The molecule has 0 aromatic heterocycles. The summed E-state index contributed by atoms with van der Waals surface area (Å²) in [6, 6.07) is 8.46. The fourth-order valence-electron chi connectivity index (χ4n) is 3.85. The molecule has 2 aliphatic heterocycles. The molecule has 2 fully saturated rings. The topological polar surface area (TPSA) is 60.0 Å². The molecule has 2 heterocycles. The van der Waals surface area contributed by atoms with E-state index in [4.69, 9.17) is 0 Å². The summed E-state index contributed by atoms with van der Waals surface area (Å²) >= 11 is 0. The monoisotopic (exact) mass is 371 g/mol. The van der Waals surface area contributed by atoms with Gasteiger partial charge in [0.15, 0.2) is 5.96 Å². The van der Waals surface area contributed by atoms with Crippen molar-refractivity contribution in [2.75, 3.05) is 39.8 Å². The van der Waals surface area contributed by atoms with Crippen molar-refractivity contribution >= 4 is 11.9 Å². The van der Waals surface area contributed by atoms with Gasteiger partial charge in [-0.2, -0.15) is 0 Å². The maximum atomic E-state index is 11.8. The zero-order valence-electron chi connectivity index (χ0n) is 16.5. The lowest BCUT2D eigenvalue weighted by Gasteiger charge is -2.26. The van der Waals surface area contributed by atoms with Gasteiger partial charge in [-0.25, -0.2) is 0 Å². The summed E-state index contributed by atoms with van der Waals surface area (Å²) < 4.78 is 0. The number of piperidine rings is 1. The minimum atomic E-state index is 0.275. The van der Waals surface area contributed by atoms with Crippen LogP contribution >= 0.6 is 0 Å². The van der Waals surface area contributed by atoms with E-state index in [0.29, 0.717) is 6.42 Å². The van der Waals surface area contributed by atoms with Crippen molar-refractivity contribution in [1.29, 1.82) is 0 Å². The van der Waals surface area contributed by atoms with E-state index >= 15 is 0 Å². The number of nitrogens with zero attached hydrogens (tertiary/aromatic N) is 3. The predicted molar refractivity (Wildman–Crippen MR) is 110 cm³/mol. The molecule has 3 rings (SSSR count). The van der Waals surface area contributed by atoms with Gasteiger partial charge >= 0.3 is 0 Å². The predicted octanol–water partition coefficient (Wildman–Crippen LogP) is 1.96. The maximum Gasteiger partial charge on any atom is 0.222 e. The third-order valence-corrected chi connectivity index (χ3v) is 5.39. The van der Waals surface area contributed by atoms with Crippen LogP contribution in [0.3, 0.4) is 0 Å². The lowest BCUT2D eigenvalue weighted by molar-refractivity contribution is -0.128. The molecular formula is C21H33N5O. The van der Waals surface area contributed by atoms with Gasteiger partial charge in [-0.1, -0.05) is 30.7 Å². The molecule has 27 heavy (non-hydrogen) atoms. The quantitative estimate of drug-likeness (QED) is 0.568. The number of amides is 1. The number of nitrogens with one attached hydrogen (secondary N) is 2. The summed E-state index contributed by atoms with van der Waals surface area (Å²) in [7, 11) is 1.81. The largest absolute Gasteiger partial charge is 0.355 e. The van der Waals surface area contributed by atoms with Crippen molar-refractivity contribution in [2.45, 2.75) is 45.2 Å². The second-order valence-electron chi connectivity index (χ2n) is 7.49. The van der Waals surface area contributed by atoms with Crippen molar-refractivity contribution in [1.82, 2.24) is 20.4 Å². The summed E-state index contributed by atoms with van der Waals surface area (Å²) in [6.07, 6.45) is 5.71. The molecule has 2 aliphatic rings. The van der Waals surface area contributed by atoms with E-state index in [0.717, 1.165) is 45.1 Å². The van der Waals surface area contributed by atoms with Gasteiger partial charge in [0, 0.05) is 46.2 Å². The molecule has 0 unspecified atom stereocenters. The number of hydrogen-bond acceptors (Lipinski definition) is 3. The molecule has 2 N–H and O–H groups in total. The molecule has 0 radical (unpaired) electrons. The fraction of sp³-hybridized carbons (Fsp3) is 0.619. The number of hydrogen-bond donors (Lipinski definition) is 2. The normalized spacial score (nSPS) is 18.8. The molecule has 148 valence electrons. The Morgan fingerprint density at radius 3 is 2.63 bits per heavy atom. The second kappa shape index (κ2) is 10.3. The SMILES string of the molecule is CN=C(NCCN1CCCCC1)NCc1cccc(CN2CCCC2=O)c1. The Hall–Kier alpha value is -2.08. The van der Waals surface area contributed by atoms with Gasteiger partial charge in [0.1, 0.15) is 0 Å². The van der Waals surface area contributed by atoms with E-state index in [1.54, 1.807) is 0 Å². The van der Waals surface area contributed by atoms with Crippen molar-refractivity contribution < 1.29 is 4.79 Å². The lowest BCUT2D eigenvalue weighted by atomic mass is 10.1. The van der Waals surface area contributed by atoms with Gasteiger partial charge in [0.25, 0.3) is 0 Å². The second-order valence-corrected chi connectivity index (χ2v) is 7.49. The smallest absolute Gasteiger partial charge is 0.222 e. The summed E-state index contributed by atoms with van der Waals surface area (Å²) in [5.74, 6) is 1.11. The van der Waals surface area contributed by atoms with E-state index in [1.165, 1.54) is 43.5 Å². The molecule has 1 aromatic rings. The molecule has 0 saturated carbocycles. The van der Waals surface area contributed by atoms with E-state index in [1.807, 2.05) is 11.9 Å². The number of aliphatic imine (C=N–C) groups is 1. The van der Waals surface area contributed by atoms with Crippen LogP contribution < -0.4 is 10.6 Å². The highest BCUT2D eigenvalue weighted by molar-refractivity contribution is 5.79. The van der Waals surface area contributed by atoms with Crippen LogP contribution in [0.1, 0.15) is 43.2 Å². The van der Waals surface area contributed by atoms with Gasteiger partial charge < -0.3 is 20.4 Å². The maximum absolute atomic E-state index is 11.8. The Morgan fingerprint density at radius 2 is 1.89 bits per heavy atom. The molecular weight excluding hydrogens is 338 g/mol. The van der Waals surface area contributed by atoms with Crippen molar-refractivity contribution in [3.05, 3.63) is 35.4 Å². The van der Waals surface area contributed by atoms with Crippen LogP contribution in [-0.2, 0) is 17.9 Å².